The third-order valence-electron chi connectivity index (χ3n) is 6.51. The van der Waals surface area contributed by atoms with Gasteiger partial charge in [0.15, 0.2) is 0 Å². The standard InChI is InChI=1S/C25H30N4O/c1-27(24-8-4-6-22-5-2-3-7-23(22)24)25(30)19-29-15-13-28(14-16-29)18-21-11-9-20(17-26)10-12-21/h2-3,5,7,9-12,24H,4,6,8,13-16,18-19H2,1H3/t24-/m0/s1. The van der Waals surface area contributed by atoms with E-state index in [-0.39, 0.29) is 11.9 Å². The van der Waals surface area contributed by atoms with Gasteiger partial charge in [0.2, 0.25) is 5.91 Å². The van der Waals surface area contributed by atoms with Crippen molar-refractivity contribution in [2.24, 2.45) is 0 Å². The van der Waals surface area contributed by atoms with Gasteiger partial charge in [-0.15, -0.1) is 0 Å². The fourth-order valence-corrected chi connectivity index (χ4v) is 4.66. The van der Waals surface area contributed by atoms with Crippen LogP contribution < -0.4 is 0 Å². The van der Waals surface area contributed by atoms with E-state index in [4.69, 9.17) is 5.26 Å². The zero-order valence-electron chi connectivity index (χ0n) is 17.8. The van der Waals surface area contributed by atoms with Gasteiger partial charge < -0.3 is 4.90 Å². The summed E-state index contributed by atoms with van der Waals surface area (Å²) in [5.74, 6) is 0.220. The summed E-state index contributed by atoms with van der Waals surface area (Å²) in [5, 5.41) is 8.92. The number of likely N-dealkylation sites (N-methyl/N-ethyl adjacent to an activating group) is 1. The van der Waals surface area contributed by atoms with Crippen molar-refractivity contribution in [3.8, 4) is 6.07 Å². The van der Waals surface area contributed by atoms with Crippen molar-refractivity contribution < 1.29 is 4.79 Å². The van der Waals surface area contributed by atoms with Crippen LogP contribution in [0.1, 0.15) is 41.1 Å². The monoisotopic (exact) mass is 402 g/mol. The van der Waals surface area contributed by atoms with E-state index in [2.05, 4.69) is 40.1 Å². The first-order valence-electron chi connectivity index (χ1n) is 10.9. The fourth-order valence-electron chi connectivity index (χ4n) is 4.66. The van der Waals surface area contributed by atoms with Gasteiger partial charge in [-0.1, -0.05) is 36.4 Å². The third-order valence-corrected chi connectivity index (χ3v) is 6.51. The second-order valence-corrected chi connectivity index (χ2v) is 8.47. The Morgan fingerprint density at radius 1 is 1.07 bits per heavy atom. The number of fused-ring (bicyclic) bond motifs is 1. The molecule has 0 saturated carbocycles. The van der Waals surface area contributed by atoms with Crippen LogP contribution >= 0.6 is 0 Å². The van der Waals surface area contributed by atoms with Crippen LogP contribution in [0.5, 0.6) is 0 Å². The quantitative estimate of drug-likeness (QED) is 0.771. The lowest BCUT2D eigenvalue weighted by Gasteiger charge is -2.37. The summed E-state index contributed by atoms with van der Waals surface area (Å²) in [4.78, 5) is 19.7. The molecule has 2 aromatic carbocycles. The Kier molecular flexibility index (Phi) is 6.47. The molecule has 0 N–H and O–H groups in total. The number of hydrogen-bond acceptors (Lipinski definition) is 4. The second kappa shape index (κ2) is 9.42. The summed E-state index contributed by atoms with van der Waals surface area (Å²) in [7, 11) is 1.97. The molecule has 1 aliphatic heterocycles. The van der Waals surface area contributed by atoms with Crippen LogP contribution in [0.25, 0.3) is 0 Å². The molecule has 156 valence electrons. The molecule has 4 rings (SSSR count). The van der Waals surface area contributed by atoms with Crippen molar-refractivity contribution in [3.63, 3.8) is 0 Å². The van der Waals surface area contributed by atoms with Crippen molar-refractivity contribution >= 4 is 5.91 Å². The molecule has 2 aliphatic rings. The molecule has 1 atom stereocenters. The van der Waals surface area contributed by atoms with Crippen LogP contribution in [0.2, 0.25) is 0 Å². The normalized spacial score (nSPS) is 19.7. The van der Waals surface area contributed by atoms with E-state index < -0.39 is 0 Å². The van der Waals surface area contributed by atoms with E-state index in [0.29, 0.717) is 12.1 Å². The molecule has 1 amide bonds. The Hall–Kier alpha value is -2.68. The summed E-state index contributed by atoms with van der Waals surface area (Å²) in [6.07, 6.45) is 3.32. The largest absolute Gasteiger partial charge is 0.338 e. The van der Waals surface area contributed by atoms with E-state index >= 15 is 0 Å². The first-order chi connectivity index (χ1) is 14.6. The zero-order chi connectivity index (χ0) is 20.9. The smallest absolute Gasteiger partial charge is 0.237 e. The lowest BCUT2D eigenvalue weighted by molar-refractivity contribution is -0.134. The highest BCUT2D eigenvalue weighted by Crippen LogP contribution is 2.33. The van der Waals surface area contributed by atoms with Crippen LogP contribution in [0.3, 0.4) is 0 Å². The highest BCUT2D eigenvalue weighted by molar-refractivity contribution is 5.78. The third kappa shape index (κ3) is 4.72. The molecule has 1 heterocycles. The van der Waals surface area contributed by atoms with Gasteiger partial charge in [-0.05, 0) is 48.1 Å². The van der Waals surface area contributed by atoms with Gasteiger partial charge in [0, 0.05) is 39.8 Å². The minimum Gasteiger partial charge on any atom is -0.338 e. The maximum atomic E-state index is 13.0. The van der Waals surface area contributed by atoms with Gasteiger partial charge >= 0.3 is 0 Å². The fraction of sp³-hybridized carbons (Fsp3) is 0.440. The summed E-state index contributed by atoms with van der Waals surface area (Å²) < 4.78 is 0. The molecule has 1 saturated heterocycles. The van der Waals surface area contributed by atoms with Crippen molar-refractivity contribution in [1.82, 2.24) is 14.7 Å². The van der Waals surface area contributed by atoms with E-state index in [1.54, 1.807) is 0 Å². The number of benzene rings is 2. The number of amides is 1. The van der Waals surface area contributed by atoms with Gasteiger partial charge in [-0.2, -0.15) is 5.26 Å². The number of nitriles is 1. The topological polar surface area (TPSA) is 50.6 Å². The summed E-state index contributed by atoms with van der Waals surface area (Å²) in [6, 6.07) is 18.8. The lowest BCUT2D eigenvalue weighted by atomic mass is 9.87. The van der Waals surface area contributed by atoms with E-state index in [9.17, 15) is 4.79 Å². The predicted molar refractivity (Wildman–Crippen MR) is 118 cm³/mol. The molecular weight excluding hydrogens is 372 g/mol. The first kappa shape index (κ1) is 20.6. The van der Waals surface area contributed by atoms with Gasteiger partial charge in [-0.3, -0.25) is 14.6 Å². The number of nitrogens with zero attached hydrogens (tertiary/aromatic N) is 4. The number of carbonyl (C=O) groups excluding carboxylic acids is 1. The average Bonchev–Trinajstić information content (AvgIpc) is 2.80. The number of aryl methyl sites for hydroxylation is 1. The van der Waals surface area contributed by atoms with Gasteiger partial charge in [0.25, 0.3) is 0 Å². The molecule has 1 fully saturated rings. The molecule has 0 bridgehead atoms. The highest BCUT2D eigenvalue weighted by Gasteiger charge is 2.28. The van der Waals surface area contributed by atoms with Gasteiger partial charge in [0.05, 0.1) is 24.2 Å². The Morgan fingerprint density at radius 3 is 2.50 bits per heavy atom. The summed E-state index contributed by atoms with van der Waals surface area (Å²) in [6.45, 7) is 5.15. The highest BCUT2D eigenvalue weighted by atomic mass is 16.2. The molecule has 1 aliphatic carbocycles. The molecule has 5 nitrogen and oxygen atoms in total. The lowest BCUT2D eigenvalue weighted by Crippen LogP contribution is -2.49. The Labute approximate surface area is 179 Å². The second-order valence-electron chi connectivity index (χ2n) is 8.47. The SMILES string of the molecule is CN(C(=O)CN1CCN(Cc2ccc(C#N)cc2)CC1)[C@H]1CCCc2ccccc21. The van der Waals surface area contributed by atoms with Crippen molar-refractivity contribution in [2.45, 2.75) is 31.8 Å². The predicted octanol–water partition coefficient (Wildman–Crippen LogP) is 3.21. The molecule has 0 spiro atoms. The van der Waals surface area contributed by atoms with E-state index in [0.717, 1.165) is 52.0 Å². The van der Waals surface area contributed by atoms with Crippen LogP contribution in [-0.2, 0) is 17.8 Å². The molecule has 30 heavy (non-hydrogen) atoms. The van der Waals surface area contributed by atoms with Crippen LogP contribution in [0.4, 0.5) is 0 Å². The minimum atomic E-state index is 0.208. The molecular formula is C25H30N4O. The number of hydrogen-bond donors (Lipinski definition) is 0. The van der Waals surface area contributed by atoms with Gasteiger partial charge in [0.1, 0.15) is 0 Å². The van der Waals surface area contributed by atoms with Crippen molar-refractivity contribution in [1.29, 1.82) is 5.26 Å². The Morgan fingerprint density at radius 2 is 1.77 bits per heavy atom. The molecule has 0 radical (unpaired) electrons. The van der Waals surface area contributed by atoms with Crippen LogP contribution in [0, 0.1) is 11.3 Å². The summed E-state index contributed by atoms with van der Waals surface area (Å²) >= 11 is 0. The summed E-state index contributed by atoms with van der Waals surface area (Å²) in [5.41, 5.74) is 4.65. The molecule has 0 unspecified atom stereocenters. The maximum absolute atomic E-state index is 13.0. The van der Waals surface area contributed by atoms with Crippen molar-refractivity contribution in [3.05, 3.63) is 70.8 Å². The first-order valence-corrected chi connectivity index (χ1v) is 10.9. The number of carbonyl (C=O) groups is 1. The van der Waals surface area contributed by atoms with Crippen LogP contribution in [-0.4, -0.2) is 60.4 Å². The average molecular weight is 403 g/mol. The minimum absolute atomic E-state index is 0.208. The van der Waals surface area contributed by atoms with Gasteiger partial charge in [-0.25, -0.2) is 0 Å². The van der Waals surface area contributed by atoms with Crippen LogP contribution in [0.15, 0.2) is 48.5 Å². The molecule has 0 aromatic heterocycles. The molecule has 2 aromatic rings. The zero-order valence-corrected chi connectivity index (χ0v) is 17.8. The maximum Gasteiger partial charge on any atom is 0.237 e. The Balaban J connectivity index is 1.27. The van der Waals surface area contributed by atoms with E-state index in [1.165, 1.54) is 16.7 Å². The Bertz CT molecular complexity index is 909. The van der Waals surface area contributed by atoms with E-state index in [1.807, 2.05) is 36.2 Å². The number of piperazine rings is 1. The molecule has 5 heteroatoms. The van der Waals surface area contributed by atoms with Crippen molar-refractivity contribution in [2.75, 3.05) is 39.8 Å². The number of rotatable bonds is 5.